The van der Waals surface area contributed by atoms with Gasteiger partial charge in [-0.25, -0.2) is 0 Å². The van der Waals surface area contributed by atoms with Crippen molar-refractivity contribution in [2.24, 2.45) is 0 Å². The average molecular weight is 254 g/mol. The lowest BCUT2D eigenvalue weighted by molar-refractivity contribution is -0.145. The maximum absolute atomic E-state index is 11.5. The fourth-order valence-electron chi connectivity index (χ4n) is 2.93. The van der Waals surface area contributed by atoms with E-state index in [-0.39, 0.29) is 0 Å². The molecule has 4 nitrogen and oxygen atoms in total. The predicted molar refractivity (Wildman–Crippen MR) is 71.7 cm³/mol. The lowest BCUT2D eigenvalue weighted by atomic mass is 9.92. The zero-order valence-electron chi connectivity index (χ0n) is 11.8. The van der Waals surface area contributed by atoms with Crippen LogP contribution in [0.1, 0.15) is 52.9 Å². The van der Waals surface area contributed by atoms with Gasteiger partial charge in [0.2, 0.25) is 0 Å². The zero-order chi connectivity index (χ0) is 13.3. The molecule has 0 spiro atoms. The van der Waals surface area contributed by atoms with Crippen LogP contribution in [-0.4, -0.2) is 46.2 Å². The van der Waals surface area contributed by atoms with E-state index in [2.05, 4.69) is 24.1 Å². The summed E-state index contributed by atoms with van der Waals surface area (Å²) in [5.74, 6) is -0.715. The second kappa shape index (κ2) is 5.17. The van der Waals surface area contributed by atoms with Crippen molar-refractivity contribution in [2.75, 3.05) is 6.54 Å². The Balaban J connectivity index is 1.95. The second-order valence-corrected chi connectivity index (χ2v) is 6.17. The van der Waals surface area contributed by atoms with Gasteiger partial charge in [0.25, 0.3) is 0 Å². The van der Waals surface area contributed by atoms with Crippen molar-refractivity contribution in [1.29, 1.82) is 0 Å². The van der Waals surface area contributed by atoms with E-state index in [1.807, 2.05) is 6.92 Å². The van der Waals surface area contributed by atoms with Crippen LogP contribution in [0.5, 0.6) is 0 Å². The number of carbonyl (C=O) groups is 1. The van der Waals surface area contributed by atoms with Gasteiger partial charge in [0.1, 0.15) is 5.54 Å². The summed E-state index contributed by atoms with van der Waals surface area (Å²) in [6, 6.07) is 1.45. The molecule has 0 heterocycles. The molecule has 0 radical (unpaired) electrons. The molecule has 2 aliphatic carbocycles. The van der Waals surface area contributed by atoms with Gasteiger partial charge in [-0.05, 0) is 52.5 Å². The lowest BCUT2D eigenvalue weighted by Crippen LogP contribution is -2.54. The van der Waals surface area contributed by atoms with Crippen LogP contribution in [0.3, 0.4) is 0 Å². The molecule has 2 N–H and O–H groups in total. The Morgan fingerprint density at radius 1 is 1.44 bits per heavy atom. The van der Waals surface area contributed by atoms with Crippen molar-refractivity contribution in [3.63, 3.8) is 0 Å². The molecule has 0 aliphatic heterocycles. The minimum Gasteiger partial charge on any atom is -0.480 e. The summed E-state index contributed by atoms with van der Waals surface area (Å²) in [7, 11) is 0. The molecule has 0 amide bonds. The molecule has 104 valence electrons. The minimum absolute atomic E-state index is 0.329. The van der Waals surface area contributed by atoms with E-state index >= 15 is 0 Å². The molecule has 4 heteroatoms. The summed E-state index contributed by atoms with van der Waals surface area (Å²) in [6.07, 6.45) is 5.48. The van der Waals surface area contributed by atoms with Crippen LogP contribution < -0.4 is 5.32 Å². The molecule has 0 saturated heterocycles. The molecule has 2 atom stereocenters. The summed E-state index contributed by atoms with van der Waals surface area (Å²) in [6.45, 7) is 7.19. The van der Waals surface area contributed by atoms with Gasteiger partial charge in [0.05, 0.1) is 0 Å². The van der Waals surface area contributed by atoms with Gasteiger partial charge < -0.3 is 5.11 Å². The maximum atomic E-state index is 11.5. The smallest absolute Gasteiger partial charge is 0.323 e. The molecular weight excluding hydrogens is 228 g/mol. The summed E-state index contributed by atoms with van der Waals surface area (Å²) < 4.78 is 0. The van der Waals surface area contributed by atoms with Crippen LogP contribution in [0.25, 0.3) is 0 Å². The highest BCUT2D eigenvalue weighted by Crippen LogP contribution is 2.31. The standard InChI is InChI=1S/C14H26N2O2/c1-4-16(12-7-8-12)10(2)9-14(3,13(17)18)15-11-5-6-11/h10-12,15H,4-9H2,1-3H3,(H,17,18). The fourth-order valence-corrected chi connectivity index (χ4v) is 2.93. The highest BCUT2D eigenvalue weighted by atomic mass is 16.4. The SMILES string of the molecule is CCN(C(C)CC(C)(NC1CC1)C(=O)O)C1CC1. The molecular formula is C14H26N2O2. The fraction of sp³-hybridized carbons (Fsp3) is 0.929. The molecule has 2 unspecified atom stereocenters. The van der Waals surface area contributed by atoms with Crippen molar-refractivity contribution in [3.8, 4) is 0 Å². The van der Waals surface area contributed by atoms with E-state index in [1.165, 1.54) is 12.8 Å². The van der Waals surface area contributed by atoms with E-state index < -0.39 is 11.5 Å². The van der Waals surface area contributed by atoms with E-state index in [4.69, 9.17) is 0 Å². The van der Waals surface area contributed by atoms with Crippen molar-refractivity contribution in [1.82, 2.24) is 10.2 Å². The highest BCUT2D eigenvalue weighted by Gasteiger charge is 2.41. The van der Waals surface area contributed by atoms with Crippen LogP contribution in [-0.2, 0) is 4.79 Å². The van der Waals surface area contributed by atoms with Crippen molar-refractivity contribution in [2.45, 2.75) is 76.5 Å². The summed E-state index contributed by atoms with van der Waals surface area (Å²) in [4.78, 5) is 14.0. The van der Waals surface area contributed by atoms with Crippen LogP contribution in [0.4, 0.5) is 0 Å². The number of nitrogens with one attached hydrogen (secondary N) is 1. The first-order valence-electron chi connectivity index (χ1n) is 7.23. The molecule has 2 aliphatic rings. The zero-order valence-corrected chi connectivity index (χ0v) is 11.8. The number of nitrogens with zero attached hydrogens (tertiary/aromatic N) is 1. The van der Waals surface area contributed by atoms with Crippen molar-refractivity contribution in [3.05, 3.63) is 0 Å². The third kappa shape index (κ3) is 3.23. The molecule has 18 heavy (non-hydrogen) atoms. The first kappa shape index (κ1) is 13.8. The van der Waals surface area contributed by atoms with Gasteiger partial charge in [0, 0.05) is 18.1 Å². The second-order valence-electron chi connectivity index (χ2n) is 6.17. The normalized spacial score (nSPS) is 24.9. The third-order valence-corrected chi connectivity index (χ3v) is 4.22. The Kier molecular flexibility index (Phi) is 3.97. The largest absolute Gasteiger partial charge is 0.480 e. The van der Waals surface area contributed by atoms with Crippen molar-refractivity contribution >= 4 is 5.97 Å². The number of carboxylic acid groups (broad SMARTS) is 1. The minimum atomic E-state index is -0.775. The Labute approximate surface area is 110 Å². The lowest BCUT2D eigenvalue weighted by Gasteiger charge is -2.35. The Morgan fingerprint density at radius 3 is 2.44 bits per heavy atom. The average Bonchev–Trinajstić information content (AvgIpc) is 3.11. The van der Waals surface area contributed by atoms with Crippen LogP contribution >= 0.6 is 0 Å². The van der Waals surface area contributed by atoms with Gasteiger partial charge in [-0.1, -0.05) is 6.92 Å². The predicted octanol–water partition coefficient (Wildman–Crippen LogP) is 1.84. The molecule has 0 aromatic heterocycles. The topological polar surface area (TPSA) is 52.6 Å². The van der Waals surface area contributed by atoms with Gasteiger partial charge in [-0.3, -0.25) is 15.0 Å². The van der Waals surface area contributed by atoms with Crippen LogP contribution in [0, 0.1) is 0 Å². The first-order valence-corrected chi connectivity index (χ1v) is 7.23. The third-order valence-electron chi connectivity index (χ3n) is 4.22. The van der Waals surface area contributed by atoms with Crippen LogP contribution in [0.2, 0.25) is 0 Å². The molecule has 2 rings (SSSR count). The summed E-state index contributed by atoms with van der Waals surface area (Å²) in [5.41, 5.74) is -0.775. The van der Waals surface area contributed by atoms with E-state index in [9.17, 15) is 9.90 Å². The van der Waals surface area contributed by atoms with Gasteiger partial charge in [-0.15, -0.1) is 0 Å². The molecule has 0 aromatic carbocycles. The summed E-state index contributed by atoms with van der Waals surface area (Å²) in [5, 5.41) is 12.8. The van der Waals surface area contributed by atoms with Gasteiger partial charge in [-0.2, -0.15) is 0 Å². The van der Waals surface area contributed by atoms with Gasteiger partial charge >= 0.3 is 5.97 Å². The molecule has 2 fully saturated rings. The summed E-state index contributed by atoms with van der Waals surface area (Å²) >= 11 is 0. The molecule has 0 bridgehead atoms. The molecule has 2 saturated carbocycles. The monoisotopic (exact) mass is 254 g/mol. The van der Waals surface area contributed by atoms with Crippen molar-refractivity contribution < 1.29 is 9.90 Å². The van der Waals surface area contributed by atoms with E-state index in [0.717, 1.165) is 19.4 Å². The number of hydrogen-bond acceptors (Lipinski definition) is 3. The number of rotatable bonds is 8. The van der Waals surface area contributed by atoms with Crippen LogP contribution in [0.15, 0.2) is 0 Å². The Hall–Kier alpha value is -0.610. The number of aliphatic carboxylic acids is 1. The van der Waals surface area contributed by atoms with E-state index in [1.54, 1.807) is 0 Å². The quantitative estimate of drug-likeness (QED) is 0.694. The highest BCUT2D eigenvalue weighted by molar-refractivity contribution is 5.78. The molecule has 0 aromatic rings. The Bertz CT molecular complexity index is 313. The number of carboxylic acids is 1. The number of hydrogen-bond donors (Lipinski definition) is 2. The van der Waals surface area contributed by atoms with Gasteiger partial charge in [0.15, 0.2) is 0 Å². The van der Waals surface area contributed by atoms with E-state index in [0.29, 0.717) is 24.5 Å². The first-order chi connectivity index (χ1) is 8.46. The maximum Gasteiger partial charge on any atom is 0.323 e. The Morgan fingerprint density at radius 2 is 2.06 bits per heavy atom.